The SMILES string of the molecule is CC(C)[C@H](NC(=O)COCCOCCOCC(=O)Nc1ccc2ccnc(Cl)c2c1)C(=O)N[C@@H](CCCNC(N)=O)C(=O)C(C)(C)C. The maximum absolute atomic E-state index is 13.1. The Hall–Kier alpha value is -3.85. The molecular weight excluding hydrogens is 632 g/mol. The number of urea groups is 1. The first kappa shape index (κ1) is 39.3. The molecule has 0 unspecified atom stereocenters. The molecule has 260 valence electrons. The lowest BCUT2D eigenvalue weighted by Crippen LogP contribution is -2.55. The fourth-order valence-electron chi connectivity index (χ4n) is 4.40. The summed E-state index contributed by atoms with van der Waals surface area (Å²) < 4.78 is 16.1. The van der Waals surface area contributed by atoms with Crippen LogP contribution in [-0.4, -0.2) is 92.8 Å². The Balaban J connectivity index is 1.66. The van der Waals surface area contributed by atoms with Gasteiger partial charge in [0.1, 0.15) is 24.4 Å². The van der Waals surface area contributed by atoms with Crippen molar-refractivity contribution in [3.63, 3.8) is 0 Å². The first-order valence-electron chi connectivity index (χ1n) is 15.4. The number of fused-ring (bicyclic) bond motifs is 1. The molecular formula is C32H47ClN6O8. The van der Waals surface area contributed by atoms with E-state index in [2.05, 4.69) is 26.3 Å². The van der Waals surface area contributed by atoms with Gasteiger partial charge in [-0.05, 0) is 42.3 Å². The minimum atomic E-state index is -0.897. The third-order valence-corrected chi connectivity index (χ3v) is 7.12. The highest BCUT2D eigenvalue weighted by Crippen LogP contribution is 2.24. The zero-order chi connectivity index (χ0) is 35.0. The summed E-state index contributed by atoms with van der Waals surface area (Å²) in [5.41, 5.74) is 4.95. The number of nitrogens with one attached hydrogen (secondary N) is 4. The molecule has 1 aromatic heterocycles. The minimum Gasteiger partial charge on any atom is -0.377 e. The molecule has 0 fully saturated rings. The predicted molar refractivity (Wildman–Crippen MR) is 178 cm³/mol. The van der Waals surface area contributed by atoms with Gasteiger partial charge in [-0.1, -0.05) is 52.3 Å². The maximum atomic E-state index is 13.1. The largest absolute Gasteiger partial charge is 0.377 e. The van der Waals surface area contributed by atoms with Crippen LogP contribution in [0.4, 0.5) is 10.5 Å². The number of ether oxygens (including phenoxy) is 3. The second kappa shape index (κ2) is 19.7. The highest BCUT2D eigenvalue weighted by molar-refractivity contribution is 6.34. The van der Waals surface area contributed by atoms with E-state index in [1.54, 1.807) is 52.9 Å². The Labute approximate surface area is 280 Å². The van der Waals surface area contributed by atoms with Crippen molar-refractivity contribution < 1.29 is 38.2 Å². The quantitative estimate of drug-likeness (QED) is 0.103. The third kappa shape index (κ3) is 14.6. The van der Waals surface area contributed by atoms with Crippen molar-refractivity contribution in [2.45, 2.75) is 59.5 Å². The molecule has 47 heavy (non-hydrogen) atoms. The van der Waals surface area contributed by atoms with E-state index >= 15 is 0 Å². The molecule has 0 aliphatic carbocycles. The number of carbonyl (C=O) groups is 5. The fourth-order valence-corrected chi connectivity index (χ4v) is 4.62. The van der Waals surface area contributed by atoms with Crippen molar-refractivity contribution in [3.8, 4) is 0 Å². The molecule has 1 heterocycles. The summed E-state index contributed by atoms with van der Waals surface area (Å²) in [6.45, 7) is 9.32. The van der Waals surface area contributed by atoms with Crippen LogP contribution in [0.5, 0.6) is 0 Å². The predicted octanol–water partition coefficient (Wildman–Crippen LogP) is 2.57. The summed E-state index contributed by atoms with van der Waals surface area (Å²) >= 11 is 6.12. The number of carbonyl (C=O) groups excluding carboxylic acids is 5. The molecule has 6 N–H and O–H groups in total. The van der Waals surface area contributed by atoms with Crippen LogP contribution in [0.2, 0.25) is 5.15 Å². The number of amides is 5. The molecule has 2 atom stereocenters. The van der Waals surface area contributed by atoms with Crippen molar-refractivity contribution in [2.75, 3.05) is 51.5 Å². The number of ketones is 1. The van der Waals surface area contributed by atoms with Crippen molar-refractivity contribution >= 4 is 57.6 Å². The molecule has 0 saturated carbocycles. The topological polar surface area (TPSA) is 200 Å². The highest BCUT2D eigenvalue weighted by Gasteiger charge is 2.33. The van der Waals surface area contributed by atoms with Gasteiger partial charge in [-0.3, -0.25) is 19.2 Å². The lowest BCUT2D eigenvalue weighted by Gasteiger charge is -2.28. The molecule has 0 aliphatic heterocycles. The van der Waals surface area contributed by atoms with Gasteiger partial charge in [0.25, 0.3) is 0 Å². The molecule has 2 aromatic rings. The molecule has 0 radical (unpaired) electrons. The standard InChI is InChI=1S/C32H47ClN6O8/c1-20(2)27(30(43)38-24(28(42)32(3,4)5)7-6-11-36-31(34)44)39-26(41)19-47-16-14-45-13-15-46-18-25(40)37-22-9-8-21-10-12-35-29(33)23(21)17-22/h8-10,12,17,20,24,27H,6-7,11,13-16,18-19H2,1-5H3,(H,37,40)(H,38,43)(H,39,41)(H3,34,36,44)/t24-,27-/m0/s1. The number of nitrogens with two attached hydrogens (primary N) is 1. The zero-order valence-electron chi connectivity index (χ0n) is 27.7. The molecule has 0 spiro atoms. The number of halogens is 1. The van der Waals surface area contributed by atoms with Crippen LogP contribution < -0.4 is 27.0 Å². The maximum Gasteiger partial charge on any atom is 0.312 e. The Morgan fingerprint density at radius 3 is 2.17 bits per heavy atom. The number of anilines is 1. The molecule has 2 rings (SSSR count). The number of Topliss-reactive ketones (excluding diaryl/α,β-unsaturated/α-hetero) is 1. The van der Waals surface area contributed by atoms with Crippen LogP contribution in [-0.2, 0) is 33.4 Å². The van der Waals surface area contributed by atoms with E-state index < -0.39 is 35.3 Å². The number of primary amides is 1. The number of hydrogen-bond acceptors (Lipinski definition) is 9. The number of hydrogen-bond donors (Lipinski definition) is 5. The Morgan fingerprint density at radius 2 is 1.55 bits per heavy atom. The average Bonchev–Trinajstić information content (AvgIpc) is 2.99. The number of pyridine rings is 1. The summed E-state index contributed by atoms with van der Waals surface area (Å²) in [7, 11) is 0. The number of benzene rings is 1. The number of aromatic nitrogens is 1. The van der Waals surface area contributed by atoms with Crippen LogP contribution in [0, 0.1) is 11.3 Å². The van der Waals surface area contributed by atoms with Gasteiger partial charge in [-0.25, -0.2) is 9.78 Å². The Morgan fingerprint density at radius 1 is 0.915 bits per heavy atom. The van der Waals surface area contributed by atoms with Gasteiger partial charge in [-0.15, -0.1) is 0 Å². The molecule has 0 bridgehead atoms. The summed E-state index contributed by atoms with van der Waals surface area (Å²) in [5, 5.41) is 12.6. The fraction of sp³-hybridized carbons (Fsp3) is 0.562. The summed E-state index contributed by atoms with van der Waals surface area (Å²) in [5.74, 6) is -1.76. The van der Waals surface area contributed by atoms with E-state index in [-0.39, 0.29) is 63.8 Å². The van der Waals surface area contributed by atoms with Crippen molar-refractivity contribution in [3.05, 3.63) is 35.6 Å². The molecule has 0 saturated heterocycles. The van der Waals surface area contributed by atoms with Crippen LogP contribution in [0.15, 0.2) is 30.5 Å². The van der Waals surface area contributed by atoms with Crippen molar-refractivity contribution in [1.29, 1.82) is 0 Å². The summed E-state index contributed by atoms with van der Waals surface area (Å²) in [4.78, 5) is 65.8. The van der Waals surface area contributed by atoms with Crippen LogP contribution in [0.1, 0.15) is 47.5 Å². The van der Waals surface area contributed by atoms with E-state index in [9.17, 15) is 24.0 Å². The van der Waals surface area contributed by atoms with Gasteiger partial charge in [0.2, 0.25) is 17.7 Å². The first-order chi connectivity index (χ1) is 22.2. The minimum absolute atomic E-state index is 0.118. The molecule has 1 aromatic carbocycles. The smallest absolute Gasteiger partial charge is 0.312 e. The highest BCUT2D eigenvalue weighted by atomic mass is 35.5. The van der Waals surface area contributed by atoms with Crippen molar-refractivity contribution in [1.82, 2.24) is 20.9 Å². The van der Waals surface area contributed by atoms with Gasteiger partial charge in [0.05, 0.1) is 32.5 Å². The van der Waals surface area contributed by atoms with Crippen LogP contribution >= 0.6 is 11.6 Å². The lowest BCUT2D eigenvalue weighted by molar-refractivity contribution is -0.136. The second-order valence-electron chi connectivity index (χ2n) is 12.2. The van der Waals surface area contributed by atoms with Gasteiger partial charge < -0.3 is 41.2 Å². The normalized spacial score (nSPS) is 12.7. The summed E-state index contributed by atoms with van der Waals surface area (Å²) in [6, 6.07) is 4.80. The van der Waals surface area contributed by atoms with Crippen LogP contribution in [0.25, 0.3) is 10.8 Å². The molecule has 0 aliphatic rings. The number of nitrogens with zero attached hydrogens (tertiary/aromatic N) is 1. The van der Waals surface area contributed by atoms with Gasteiger partial charge in [0.15, 0.2) is 5.78 Å². The van der Waals surface area contributed by atoms with E-state index in [0.717, 1.165) is 10.8 Å². The lowest BCUT2D eigenvalue weighted by atomic mass is 9.84. The molecule has 15 heteroatoms. The van der Waals surface area contributed by atoms with E-state index in [0.29, 0.717) is 23.7 Å². The van der Waals surface area contributed by atoms with E-state index in [4.69, 9.17) is 31.5 Å². The summed E-state index contributed by atoms with van der Waals surface area (Å²) in [6.07, 6.45) is 2.33. The van der Waals surface area contributed by atoms with Crippen LogP contribution in [0.3, 0.4) is 0 Å². The number of rotatable bonds is 20. The Bertz CT molecular complexity index is 1370. The average molecular weight is 679 g/mol. The van der Waals surface area contributed by atoms with Gasteiger partial charge in [-0.2, -0.15) is 0 Å². The molecule has 14 nitrogen and oxygen atoms in total. The van der Waals surface area contributed by atoms with Crippen molar-refractivity contribution in [2.24, 2.45) is 17.1 Å². The molecule has 5 amide bonds. The van der Waals surface area contributed by atoms with E-state index in [1.807, 2.05) is 12.1 Å². The Kier molecular flexibility index (Phi) is 16.5. The van der Waals surface area contributed by atoms with E-state index in [1.165, 1.54) is 0 Å². The monoisotopic (exact) mass is 678 g/mol. The first-order valence-corrected chi connectivity index (χ1v) is 15.8. The second-order valence-corrected chi connectivity index (χ2v) is 12.6. The zero-order valence-corrected chi connectivity index (χ0v) is 28.4. The van der Waals surface area contributed by atoms with Gasteiger partial charge >= 0.3 is 6.03 Å². The van der Waals surface area contributed by atoms with Gasteiger partial charge in [0, 0.05) is 29.2 Å². The third-order valence-electron chi connectivity index (χ3n) is 6.82.